The predicted molar refractivity (Wildman–Crippen MR) is 76.9 cm³/mol. The first-order valence-corrected chi connectivity index (χ1v) is 6.47. The van der Waals surface area contributed by atoms with Crippen LogP contribution in [0.2, 0.25) is 0 Å². The summed E-state index contributed by atoms with van der Waals surface area (Å²) in [6, 6.07) is 7.14. The van der Waals surface area contributed by atoms with Crippen LogP contribution in [-0.4, -0.2) is 12.5 Å². The van der Waals surface area contributed by atoms with E-state index in [9.17, 15) is 4.79 Å². The van der Waals surface area contributed by atoms with Gasteiger partial charge in [0.15, 0.2) is 5.76 Å². The van der Waals surface area contributed by atoms with Crippen LogP contribution in [0.3, 0.4) is 0 Å². The molecule has 3 N–H and O–H groups in total. The Morgan fingerprint density at radius 3 is 2.80 bits per heavy atom. The Balaban J connectivity index is 2.18. The molecule has 0 aliphatic rings. The summed E-state index contributed by atoms with van der Waals surface area (Å²) in [5.41, 5.74) is 8.00. The monoisotopic (exact) mass is 274 g/mol. The zero-order chi connectivity index (χ0) is 14.5. The summed E-state index contributed by atoms with van der Waals surface area (Å²) in [4.78, 5) is 12.0. The molecule has 0 saturated carbocycles. The number of nitrogens with one attached hydrogen (secondary N) is 1. The second kappa shape index (κ2) is 6.25. The first-order valence-electron chi connectivity index (χ1n) is 6.47. The Morgan fingerprint density at radius 2 is 2.20 bits per heavy atom. The number of rotatable bonds is 5. The zero-order valence-corrected chi connectivity index (χ0v) is 11.6. The van der Waals surface area contributed by atoms with Gasteiger partial charge in [-0.25, -0.2) is 0 Å². The summed E-state index contributed by atoms with van der Waals surface area (Å²) in [7, 11) is 0. The Bertz CT molecular complexity index is 605. The van der Waals surface area contributed by atoms with Crippen molar-refractivity contribution in [3.63, 3.8) is 0 Å². The van der Waals surface area contributed by atoms with Crippen molar-refractivity contribution in [2.75, 3.05) is 11.9 Å². The summed E-state index contributed by atoms with van der Waals surface area (Å²) in [5, 5.41) is 2.79. The molecule has 2 aromatic rings. The number of aryl methyl sites for hydroxylation is 1. The normalized spacial score (nSPS) is 10.3. The fourth-order valence-electron chi connectivity index (χ4n) is 1.91. The Kier molecular flexibility index (Phi) is 4.42. The van der Waals surface area contributed by atoms with Crippen LogP contribution in [0.5, 0.6) is 5.75 Å². The van der Waals surface area contributed by atoms with Crippen molar-refractivity contribution in [2.24, 2.45) is 5.73 Å². The summed E-state index contributed by atoms with van der Waals surface area (Å²) in [6.45, 7) is 4.65. The van der Waals surface area contributed by atoms with Crippen molar-refractivity contribution in [2.45, 2.75) is 20.4 Å². The van der Waals surface area contributed by atoms with Crippen LogP contribution in [0.15, 0.2) is 34.9 Å². The molecule has 20 heavy (non-hydrogen) atoms. The van der Waals surface area contributed by atoms with Crippen molar-refractivity contribution in [1.82, 2.24) is 0 Å². The van der Waals surface area contributed by atoms with Gasteiger partial charge in [-0.15, -0.1) is 0 Å². The maximum atomic E-state index is 12.0. The lowest BCUT2D eigenvalue weighted by atomic mass is 10.1. The molecule has 5 nitrogen and oxygen atoms in total. The minimum absolute atomic E-state index is 0.278. The van der Waals surface area contributed by atoms with E-state index in [-0.39, 0.29) is 5.91 Å². The lowest BCUT2D eigenvalue weighted by Gasteiger charge is -2.11. The van der Waals surface area contributed by atoms with Gasteiger partial charge in [-0.2, -0.15) is 0 Å². The molecule has 106 valence electrons. The number of hydrogen-bond donors (Lipinski definition) is 2. The highest BCUT2D eigenvalue weighted by Gasteiger charge is 2.13. The highest BCUT2D eigenvalue weighted by atomic mass is 16.5. The van der Waals surface area contributed by atoms with Crippen LogP contribution in [0.4, 0.5) is 5.69 Å². The van der Waals surface area contributed by atoms with Gasteiger partial charge in [-0.05, 0) is 38.1 Å². The van der Waals surface area contributed by atoms with E-state index in [2.05, 4.69) is 5.32 Å². The molecule has 0 atom stereocenters. The van der Waals surface area contributed by atoms with E-state index in [0.29, 0.717) is 24.6 Å². The predicted octanol–water partition coefficient (Wildman–Crippen LogP) is 2.70. The third kappa shape index (κ3) is 3.00. The van der Waals surface area contributed by atoms with E-state index in [0.717, 1.165) is 16.9 Å². The number of carbonyl (C=O) groups excluding carboxylic acids is 1. The minimum atomic E-state index is -0.278. The van der Waals surface area contributed by atoms with E-state index in [1.807, 2.05) is 13.8 Å². The van der Waals surface area contributed by atoms with E-state index in [1.54, 1.807) is 24.3 Å². The van der Waals surface area contributed by atoms with Crippen LogP contribution >= 0.6 is 0 Å². The summed E-state index contributed by atoms with van der Waals surface area (Å²) < 4.78 is 10.6. The van der Waals surface area contributed by atoms with Gasteiger partial charge in [-0.1, -0.05) is 0 Å². The molecule has 0 unspecified atom stereocenters. The van der Waals surface area contributed by atoms with Gasteiger partial charge in [-0.3, -0.25) is 4.79 Å². The zero-order valence-electron chi connectivity index (χ0n) is 11.6. The van der Waals surface area contributed by atoms with Gasteiger partial charge in [0.1, 0.15) is 5.75 Å². The Labute approximate surface area is 117 Å². The van der Waals surface area contributed by atoms with Gasteiger partial charge in [0, 0.05) is 23.4 Å². The maximum Gasteiger partial charge on any atom is 0.291 e. The number of amides is 1. The first kappa shape index (κ1) is 14.1. The molecular weight excluding hydrogens is 256 g/mol. The van der Waals surface area contributed by atoms with Crippen LogP contribution in [0.1, 0.15) is 28.6 Å². The quantitative estimate of drug-likeness (QED) is 0.878. The molecule has 0 fully saturated rings. The molecule has 5 heteroatoms. The number of hydrogen-bond acceptors (Lipinski definition) is 4. The third-order valence-corrected chi connectivity index (χ3v) is 2.91. The molecule has 0 radical (unpaired) electrons. The summed E-state index contributed by atoms with van der Waals surface area (Å²) >= 11 is 0. The second-order valence-corrected chi connectivity index (χ2v) is 4.35. The Morgan fingerprint density at radius 1 is 1.40 bits per heavy atom. The molecule has 0 aliphatic heterocycles. The largest absolute Gasteiger partial charge is 0.494 e. The van der Waals surface area contributed by atoms with Crippen molar-refractivity contribution in [3.8, 4) is 5.75 Å². The van der Waals surface area contributed by atoms with Gasteiger partial charge in [0.05, 0.1) is 12.9 Å². The highest BCUT2D eigenvalue weighted by Crippen LogP contribution is 2.23. The van der Waals surface area contributed by atoms with Crippen molar-refractivity contribution < 1.29 is 13.9 Å². The molecule has 0 saturated heterocycles. The molecular formula is C15H18N2O3. The SMILES string of the molecule is CCOc1ccc(NC(=O)c2occc2C)cc1CN. The lowest BCUT2D eigenvalue weighted by Crippen LogP contribution is -2.13. The summed E-state index contributed by atoms with van der Waals surface area (Å²) in [6.07, 6.45) is 1.49. The third-order valence-electron chi connectivity index (χ3n) is 2.91. The topological polar surface area (TPSA) is 77.5 Å². The van der Waals surface area contributed by atoms with Crippen molar-refractivity contribution >= 4 is 11.6 Å². The maximum absolute atomic E-state index is 12.0. The van der Waals surface area contributed by atoms with Gasteiger partial charge >= 0.3 is 0 Å². The Hall–Kier alpha value is -2.27. The number of ether oxygens (including phenoxy) is 1. The smallest absolute Gasteiger partial charge is 0.291 e. The van der Waals surface area contributed by atoms with E-state index < -0.39 is 0 Å². The average molecular weight is 274 g/mol. The van der Waals surface area contributed by atoms with Gasteiger partial charge in [0.2, 0.25) is 0 Å². The second-order valence-electron chi connectivity index (χ2n) is 4.35. The molecule has 1 heterocycles. The van der Waals surface area contributed by atoms with Crippen molar-refractivity contribution in [1.29, 1.82) is 0 Å². The van der Waals surface area contributed by atoms with Crippen LogP contribution in [-0.2, 0) is 6.54 Å². The molecule has 0 spiro atoms. The lowest BCUT2D eigenvalue weighted by molar-refractivity contribution is 0.0996. The van der Waals surface area contributed by atoms with E-state index in [4.69, 9.17) is 14.9 Å². The first-order chi connectivity index (χ1) is 9.65. The molecule has 2 rings (SSSR count). The van der Waals surface area contributed by atoms with E-state index in [1.165, 1.54) is 6.26 Å². The fraction of sp³-hybridized carbons (Fsp3) is 0.267. The number of benzene rings is 1. The molecule has 0 aliphatic carbocycles. The number of nitrogens with two attached hydrogens (primary N) is 1. The molecule has 1 aromatic heterocycles. The standard InChI is InChI=1S/C15H18N2O3/c1-3-19-13-5-4-12(8-11(13)9-16)17-15(18)14-10(2)6-7-20-14/h4-8H,3,9,16H2,1-2H3,(H,17,18). The van der Waals surface area contributed by atoms with Crippen LogP contribution < -0.4 is 15.8 Å². The van der Waals surface area contributed by atoms with Gasteiger partial charge < -0.3 is 20.2 Å². The highest BCUT2D eigenvalue weighted by molar-refractivity contribution is 6.03. The van der Waals surface area contributed by atoms with Crippen molar-refractivity contribution in [3.05, 3.63) is 47.4 Å². The number of carbonyl (C=O) groups is 1. The summed E-state index contributed by atoms with van der Waals surface area (Å²) in [5.74, 6) is 0.773. The van der Waals surface area contributed by atoms with Crippen LogP contribution in [0.25, 0.3) is 0 Å². The van der Waals surface area contributed by atoms with Crippen LogP contribution in [0, 0.1) is 6.92 Å². The molecule has 1 aromatic carbocycles. The van der Waals surface area contributed by atoms with E-state index >= 15 is 0 Å². The van der Waals surface area contributed by atoms with Gasteiger partial charge in [0.25, 0.3) is 5.91 Å². The number of anilines is 1. The number of furan rings is 1. The fourth-order valence-corrected chi connectivity index (χ4v) is 1.91. The minimum Gasteiger partial charge on any atom is -0.494 e. The molecule has 0 bridgehead atoms. The average Bonchev–Trinajstić information content (AvgIpc) is 2.87. The molecule has 1 amide bonds.